The third-order valence-electron chi connectivity index (χ3n) is 4.16. The molecule has 2 aliphatic heterocycles. The number of benzene rings is 2. The summed E-state index contributed by atoms with van der Waals surface area (Å²) < 4.78 is 22.8. The molecule has 9 heteroatoms. The minimum Gasteiger partial charge on any atom is -0.493 e. The molecule has 0 unspecified atom stereocenters. The van der Waals surface area contributed by atoms with Crippen LogP contribution >= 0.6 is 46.6 Å². The van der Waals surface area contributed by atoms with Gasteiger partial charge in [-0.2, -0.15) is 0 Å². The van der Waals surface area contributed by atoms with Gasteiger partial charge in [0.2, 0.25) is 6.79 Å². The van der Waals surface area contributed by atoms with Crippen molar-refractivity contribution in [3.8, 4) is 23.0 Å². The fraction of sp³-hybridized carbons (Fsp3) is 0.158. The van der Waals surface area contributed by atoms with Crippen LogP contribution in [0.25, 0.3) is 6.08 Å². The van der Waals surface area contributed by atoms with Crippen LogP contribution in [-0.2, 0) is 4.79 Å². The number of carbonyl (C=O) groups is 1. The number of nitrogens with zero attached hydrogens (tertiary/aromatic N) is 1. The van der Waals surface area contributed by atoms with Crippen LogP contribution in [-0.4, -0.2) is 31.2 Å². The molecule has 0 N–H and O–H groups in total. The predicted octanol–water partition coefficient (Wildman–Crippen LogP) is 4.44. The summed E-state index contributed by atoms with van der Waals surface area (Å²) in [5, 5.41) is 0. The Kier molecular flexibility index (Phi) is 5.39. The highest BCUT2D eigenvalue weighted by Crippen LogP contribution is 2.41. The second-order valence-corrected chi connectivity index (χ2v) is 8.63. The van der Waals surface area contributed by atoms with Crippen molar-refractivity contribution in [3.63, 3.8) is 0 Å². The summed E-state index contributed by atoms with van der Waals surface area (Å²) in [6.45, 7) is 0.176. The van der Waals surface area contributed by atoms with E-state index < -0.39 is 0 Å². The van der Waals surface area contributed by atoms with Gasteiger partial charge in [0, 0.05) is 6.07 Å². The van der Waals surface area contributed by atoms with E-state index in [0.29, 0.717) is 37.9 Å². The first-order chi connectivity index (χ1) is 13.5. The molecule has 0 aromatic heterocycles. The van der Waals surface area contributed by atoms with Gasteiger partial charge in [-0.1, -0.05) is 24.0 Å². The highest BCUT2D eigenvalue weighted by atomic mass is 127. The van der Waals surface area contributed by atoms with Crippen LogP contribution in [0.4, 0.5) is 5.69 Å². The van der Waals surface area contributed by atoms with Crippen molar-refractivity contribution in [1.82, 2.24) is 0 Å². The monoisotopic (exact) mass is 527 g/mol. The summed E-state index contributed by atoms with van der Waals surface area (Å²) in [6.07, 6.45) is 1.80. The Hall–Kier alpha value is -1.98. The van der Waals surface area contributed by atoms with E-state index in [2.05, 4.69) is 22.6 Å². The molecule has 1 saturated heterocycles. The molecule has 1 fully saturated rings. The first-order valence-electron chi connectivity index (χ1n) is 8.11. The zero-order valence-corrected chi connectivity index (χ0v) is 18.6. The molecule has 0 aliphatic carbocycles. The second-order valence-electron chi connectivity index (χ2n) is 5.79. The Morgan fingerprint density at radius 1 is 1.18 bits per heavy atom. The van der Waals surface area contributed by atoms with Crippen molar-refractivity contribution in [2.45, 2.75) is 0 Å². The number of thioether (sulfide) groups is 1. The van der Waals surface area contributed by atoms with Gasteiger partial charge in [0.25, 0.3) is 5.91 Å². The van der Waals surface area contributed by atoms with E-state index in [-0.39, 0.29) is 12.7 Å². The summed E-state index contributed by atoms with van der Waals surface area (Å²) in [7, 11) is 3.17. The Morgan fingerprint density at radius 2 is 1.96 bits per heavy atom. The maximum absolute atomic E-state index is 13.0. The van der Waals surface area contributed by atoms with Crippen molar-refractivity contribution in [2.75, 3.05) is 25.9 Å². The molecule has 6 nitrogen and oxygen atoms in total. The molecule has 0 spiro atoms. The lowest BCUT2D eigenvalue weighted by molar-refractivity contribution is -0.113. The van der Waals surface area contributed by atoms with E-state index in [1.54, 1.807) is 38.5 Å². The maximum atomic E-state index is 13.0. The number of hydrogen-bond acceptors (Lipinski definition) is 7. The number of ether oxygens (including phenoxy) is 4. The third-order valence-corrected chi connectivity index (χ3v) is 6.27. The molecule has 0 bridgehead atoms. The van der Waals surface area contributed by atoms with Gasteiger partial charge in [0.15, 0.2) is 27.3 Å². The largest absolute Gasteiger partial charge is 0.493 e. The molecule has 2 heterocycles. The maximum Gasteiger partial charge on any atom is 0.270 e. The molecule has 0 radical (unpaired) electrons. The van der Waals surface area contributed by atoms with Crippen LogP contribution in [0.1, 0.15) is 5.56 Å². The van der Waals surface area contributed by atoms with Gasteiger partial charge in [-0.05, 0) is 58.5 Å². The van der Waals surface area contributed by atoms with E-state index in [4.69, 9.17) is 31.2 Å². The molecule has 28 heavy (non-hydrogen) atoms. The summed E-state index contributed by atoms with van der Waals surface area (Å²) in [4.78, 5) is 15.0. The van der Waals surface area contributed by atoms with Gasteiger partial charge in [0.1, 0.15) is 0 Å². The van der Waals surface area contributed by atoms with Gasteiger partial charge in [-0.25, -0.2) is 0 Å². The molecular formula is C19H14INO5S2. The lowest BCUT2D eigenvalue weighted by Crippen LogP contribution is -2.27. The van der Waals surface area contributed by atoms with Gasteiger partial charge in [-0.3, -0.25) is 9.69 Å². The second kappa shape index (κ2) is 7.80. The van der Waals surface area contributed by atoms with Crippen molar-refractivity contribution in [3.05, 3.63) is 44.4 Å². The van der Waals surface area contributed by atoms with Crippen LogP contribution in [0.5, 0.6) is 23.0 Å². The molecule has 2 aliphatic rings. The van der Waals surface area contributed by atoms with Crippen molar-refractivity contribution in [2.24, 2.45) is 0 Å². The quantitative estimate of drug-likeness (QED) is 0.331. The molecule has 1 amide bonds. The van der Waals surface area contributed by atoms with E-state index in [1.165, 1.54) is 16.7 Å². The predicted molar refractivity (Wildman–Crippen MR) is 120 cm³/mol. The zero-order valence-electron chi connectivity index (χ0n) is 14.9. The SMILES string of the molecule is COc1cc(/C=C2/SC(=S)N(c3ccc4c(c3)OCO4)C2=O)cc(I)c1OC. The first-order valence-corrected chi connectivity index (χ1v) is 10.4. The summed E-state index contributed by atoms with van der Waals surface area (Å²) in [5.74, 6) is 2.34. The number of hydrogen-bond donors (Lipinski definition) is 0. The Morgan fingerprint density at radius 3 is 2.71 bits per heavy atom. The van der Waals surface area contributed by atoms with E-state index in [1.807, 2.05) is 12.1 Å². The number of fused-ring (bicyclic) bond motifs is 1. The Balaban J connectivity index is 1.67. The number of halogens is 1. The van der Waals surface area contributed by atoms with Crippen LogP contribution in [0.15, 0.2) is 35.2 Å². The number of carbonyl (C=O) groups excluding carboxylic acids is 1. The van der Waals surface area contributed by atoms with Crippen LogP contribution in [0.2, 0.25) is 0 Å². The summed E-state index contributed by atoms with van der Waals surface area (Å²) >= 11 is 8.87. The number of rotatable bonds is 4. The minimum atomic E-state index is -0.182. The van der Waals surface area contributed by atoms with Crippen molar-refractivity contribution < 1.29 is 23.7 Å². The van der Waals surface area contributed by atoms with Crippen LogP contribution in [0.3, 0.4) is 0 Å². The molecule has 2 aromatic carbocycles. The molecule has 144 valence electrons. The average molecular weight is 527 g/mol. The molecule has 2 aromatic rings. The van der Waals surface area contributed by atoms with E-state index in [0.717, 1.165) is 9.13 Å². The highest BCUT2D eigenvalue weighted by molar-refractivity contribution is 14.1. The molecule has 4 rings (SSSR count). The van der Waals surface area contributed by atoms with Gasteiger partial charge < -0.3 is 18.9 Å². The van der Waals surface area contributed by atoms with Gasteiger partial charge >= 0.3 is 0 Å². The first kappa shape index (κ1) is 19.3. The number of amides is 1. The normalized spacial score (nSPS) is 16.8. The lowest BCUT2D eigenvalue weighted by Gasteiger charge is -2.14. The third kappa shape index (κ3) is 3.42. The van der Waals surface area contributed by atoms with E-state index >= 15 is 0 Å². The number of anilines is 1. The van der Waals surface area contributed by atoms with Crippen LogP contribution < -0.4 is 23.8 Å². The standard InChI is InChI=1S/C19H14INO5S2/c1-23-15-6-10(5-12(20)17(15)24-2)7-16-18(22)21(19(27)28-16)11-3-4-13-14(8-11)26-9-25-13/h3-8H,9H2,1-2H3/b16-7+. The molecule has 0 saturated carbocycles. The zero-order chi connectivity index (χ0) is 19.8. The highest BCUT2D eigenvalue weighted by Gasteiger charge is 2.34. The molecular weight excluding hydrogens is 513 g/mol. The van der Waals surface area contributed by atoms with Crippen molar-refractivity contribution >= 4 is 68.6 Å². The van der Waals surface area contributed by atoms with Crippen LogP contribution in [0, 0.1) is 3.57 Å². The summed E-state index contributed by atoms with van der Waals surface area (Å²) in [6, 6.07) is 9.08. The fourth-order valence-electron chi connectivity index (χ4n) is 2.89. The topological polar surface area (TPSA) is 57.2 Å². The minimum absolute atomic E-state index is 0.176. The fourth-order valence-corrected chi connectivity index (χ4v) is 5.03. The van der Waals surface area contributed by atoms with Gasteiger partial charge in [-0.15, -0.1) is 0 Å². The van der Waals surface area contributed by atoms with Gasteiger partial charge in [0.05, 0.1) is 28.4 Å². The number of thiocarbonyl (C=S) groups is 1. The van der Waals surface area contributed by atoms with E-state index in [9.17, 15) is 4.79 Å². The van der Waals surface area contributed by atoms with Crippen molar-refractivity contribution in [1.29, 1.82) is 0 Å². The Labute approximate surface area is 184 Å². The lowest BCUT2D eigenvalue weighted by atomic mass is 10.1. The smallest absolute Gasteiger partial charge is 0.270 e. The summed E-state index contributed by atoms with van der Waals surface area (Å²) in [5.41, 5.74) is 1.48. The Bertz CT molecular complexity index is 1020. The average Bonchev–Trinajstić information content (AvgIpc) is 3.25. The molecule has 0 atom stereocenters. The number of methoxy groups -OCH3 is 2.